The van der Waals surface area contributed by atoms with Crippen molar-refractivity contribution in [1.29, 1.82) is 0 Å². The van der Waals surface area contributed by atoms with E-state index >= 15 is 0 Å². The number of hydrogen-bond acceptors (Lipinski definition) is 5. The molecule has 0 aromatic heterocycles. The first kappa shape index (κ1) is 35.3. The van der Waals surface area contributed by atoms with Crippen molar-refractivity contribution in [1.82, 2.24) is 10.6 Å². The molecule has 3 atom stereocenters. The number of amides is 2. The lowest BCUT2D eigenvalue weighted by molar-refractivity contribution is -0.131. The van der Waals surface area contributed by atoms with Gasteiger partial charge in [0, 0.05) is 12.5 Å². The van der Waals surface area contributed by atoms with Gasteiger partial charge in [-0.3, -0.25) is 4.79 Å². The molecule has 3 aromatic rings. The SMILES string of the molecule is CC(C)(C)[Si](C)(C)O[C@H](C=CC(=O)O)[C@H](CCc1ccccc1)NC(=O)[C@H](Cc1ccccc1)NC(=O)OCc1ccccc1. The Bertz CT molecular complexity index is 1390. The van der Waals surface area contributed by atoms with Crippen molar-refractivity contribution in [2.24, 2.45) is 0 Å². The molecule has 0 unspecified atom stereocenters. The molecule has 3 rings (SSSR count). The Morgan fingerprint density at radius 1 is 0.822 bits per heavy atom. The van der Waals surface area contributed by atoms with Crippen LogP contribution in [0.4, 0.5) is 4.79 Å². The second kappa shape index (κ2) is 16.7. The number of carbonyl (C=O) groups is 3. The highest BCUT2D eigenvalue weighted by Gasteiger charge is 2.41. The number of alkyl carbamates (subject to hydrolysis) is 1. The van der Waals surface area contributed by atoms with E-state index < -0.39 is 44.5 Å². The van der Waals surface area contributed by atoms with Gasteiger partial charge in [-0.15, -0.1) is 0 Å². The van der Waals surface area contributed by atoms with Crippen molar-refractivity contribution in [3.8, 4) is 0 Å². The van der Waals surface area contributed by atoms with Gasteiger partial charge in [-0.05, 0) is 53.7 Å². The van der Waals surface area contributed by atoms with Crippen molar-refractivity contribution in [3.63, 3.8) is 0 Å². The van der Waals surface area contributed by atoms with E-state index in [1.807, 2.05) is 91.0 Å². The smallest absolute Gasteiger partial charge is 0.408 e. The number of aryl methyl sites for hydroxylation is 1. The zero-order valence-electron chi connectivity index (χ0n) is 26.9. The molecule has 0 heterocycles. The van der Waals surface area contributed by atoms with E-state index in [-0.39, 0.29) is 18.1 Å². The molecule has 240 valence electrons. The molecule has 0 saturated carbocycles. The van der Waals surface area contributed by atoms with Crippen LogP contribution in [0, 0.1) is 0 Å². The van der Waals surface area contributed by atoms with Gasteiger partial charge in [-0.25, -0.2) is 9.59 Å². The van der Waals surface area contributed by atoms with Crippen molar-refractivity contribution < 1.29 is 28.7 Å². The Labute approximate surface area is 268 Å². The molecule has 0 fully saturated rings. The lowest BCUT2D eigenvalue weighted by atomic mass is 9.99. The standard InChI is InChI=1S/C36H46N2O6Si/c1-36(2,3)45(4,5)44-32(23-24-33(39)40)30(22-21-27-15-9-6-10-16-27)37-34(41)31(25-28-17-11-7-12-18-28)38-35(42)43-26-29-19-13-8-14-20-29/h6-20,23-24,30-32H,21-22,25-26H2,1-5H3,(H,37,41)(H,38,42)(H,39,40)/t30-,31-,32+/m0/s1. The Morgan fingerprint density at radius 3 is 1.89 bits per heavy atom. The maximum absolute atomic E-state index is 14.0. The fourth-order valence-electron chi connectivity index (χ4n) is 4.48. The van der Waals surface area contributed by atoms with Crippen LogP contribution < -0.4 is 10.6 Å². The minimum atomic E-state index is -2.40. The maximum atomic E-state index is 14.0. The third-order valence-electron chi connectivity index (χ3n) is 8.08. The summed E-state index contributed by atoms with van der Waals surface area (Å²) in [6.45, 7) is 10.6. The van der Waals surface area contributed by atoms with Crippen molar-refractivity contribution in [2.75, 3.05) is 0 Å². The number of ether oxygens (including phenoxy) is 1. The molecule has 0 aliphatic heterocycles. The van der Waals surface area contributed by atoms with Gasteiger partial charge < -0.3 is 24.9 Å². The molecular weight excluding hydrogens is 584 g/mol. The van der Waals surface area contributed by atoms with Gasteiger partial charge >= 0.3 is 12.1 Å². The predicted octanol–water partition coefficient (Wildman–Crippen LogP) is 6.67. The molecule has 0 aliphatic rings. The van der Waals surface area contributed by atoms with Crippen LogP contribution in [0.1, 0.15) is 43.9 Å². The molecule has 0 spiro atoms. The summed E-state index contributed by atoms with van der Waals surface area (Å²) in [5.41, 5.74) is 2.77. The topological polar surface area (TPSA) is 114 Å². The van der Waals surface area contributed by atoms with E-state index in [2.05, 4.69) is 44.5 Å². The highest BCUT2D eigenvalue weighted by atomic mass is 28.4. The highest BCUT2D eigenvalue weighted by molar-refractivity contribution is 6.74. The zero-order valence-corrected chi connectivity index (χ0v) is 27.9. The summed E-state index contributed by atoms with van der Waals surface area (Å²) in [7, 11) is -2.40. The highest BCUT2D eigenvalue weighted by Crippen LogP contribution is 2.38. The second-order valence-electron chi connectivity index (χ2n) is 12.6. The van der Waals surface area contributed by atoms with Crippen LogP contribution in [0.5, 0.6) is 0 Å². The predicted molar refractivity (Wildman–Crippen MR) is 179 cm³/mol. The first-order chi connectivity index (χ1) is 21.3. The monoisotopic (exact) mass is 630 g/mol. The molecule has 45 heavy (non-hydrogen) atoms. The minimum Gasteiger partial charge on any atom is -0.478 e. The lowest BCUT2D eigenvalue weighted by Gasteiger charge is -2.41. The molecule has 9 heteroatoms. The van der Waals surface area contributed by atoms with Crippen molar-refractivity contribution in [2.45, 2.75) is 83.0 Å². The number of hydrogen-bond donors (Lipinski definition) is 3. The summed E-state index contributed by atoms with van der Waals surface area (Å²) in [5, 5.41) is 15.2. The number of benzene rings is 3. The lowest BCUT2D eigenvalue weighted by Crippen LogP contribution is -2.55. The van der Waals surface area contributed by atoms with Gasteiger partial charge in [0.15, 0.2) is 8.32 Å². The molecule has 3 N–H and O–H groups in total. The van der Waals surface area contributed by atoms with Gasteiger partial charge in [0.1, 0.15) is 12.6 Å². The number of rotatable bonds is 15. The fourth-order valence-corrected chi connectivity index (χ4v) is 5.76. The van der Waals surface area contributed by atoms with E-state index in [1.165, 1.54) is 6.08 Å². The quantitative estimate of drug-likeness (QED) is 0.128. The van der Waals surface area contributed by atoms with Gasteiger partial charge in [-0.1, -0.05) is 112 Å². The largest absolute Gasteiger partial charge is 0.478 e. The van der Waals surface area contributed by atoms with Gasteiger partial charge in [0.2, 0.25) is 5.91 Å². The summed E-state index contributed by atoms with van der Waals surface area (Å²) >= 11 is 0. The van der Waals surface area contributed by atoms with Gasteiger partial charge in [0.25, 0.3) is 0 Å². The minimum absolute atomic E-state index is 0.0639. The molecule has 3 aromatic carbocycles. The van der Waals surface area contributed by atoms with E-state index in [0.29, 0.717) is 12.8 Å². The molecular formula is C36H46N2O6Si. The Kier molecular flexibility index (Phi) is 13.1. The molecule has 2 amide bonds. The van der Waals surface area contributed by atoms with E-state index in [1.54, 1.807) is 0 Å². The summed E-state index contributed by atoms with van der Waals surface area (Å²) in [6.07, 6.45) is 2.51. The average molecular weight is 631 g/mol. The van der Waals surface area contributed by atoms with E-state index in [0.717, 1.165) is 22.8 Å². The Morgan fingerprint density at radius 2 is 1.36 bits per heavy atom. The normalized spacial score (nSPS) is 13.9. The Hall–Kier alpha value is -4.21. The number of carbonyl (C=O) groups excluding carboxylic acids is 2. The summed E-state index contributed by atoms with van der Waals surface area (Å²) in [5.74, 6) is -1.52. The van der Waals surface area contributed by atoms with E-state index in [4.69, 9.17) is 9.16 Å². The molecule has 0 aliphatic carbocycles. The van der Waals surface area contributed by atoms with E-state index in [9.17, 15) is 19.5 Å². The first-order valence-corrected chi connectivity index (χ1v) is 18.2. The third-order valence-corrected chi connectivity index (χ3v) is 12.6. The van der Waals surface area contributed by atoms with Crippen molar-refractivity contribution in [3.05, 3.63) is 120 Å². The number of aliphatic carboxylic acids is 1. The van der Waals surface area contributed by atoms with Crippen LogP contribution in [0.2, 0.25) is 18.1 Å². The van der Waals surface area contributed by atoms with Crippen molar-refractivity contribution >= 4 is 26.3 Å². The summed E-state index contributed by atoms with van der Waals surface area (Å²) in [4.78, 5) is 38.5. The zero-order chi connectivity index (χ0) is 32.9. The van der Waals surface area contributed by atoms with Crippen LogP contribution >= 0.6 is 0 Å². The van der Waals surface area contributed by atoms with Crippen LogP contribution in [0.3, 0.4) is 0 Å². The van der Waals surface area contributed by atoms with Crippen LogP contribution in [0.25, 0.3) is 0 Å². The summed E-state index contributed by atoms with van der Waals surface area (Å²) in [6, 6.07) is 27.1. The molecule has 0 saturated heterocycles. The van der Waals surface area contributed by atoms with Gasteiger partial charge in [-0.2, -0.15) is 0 Å². The molecule has 0 bridgehead atoms. The van der Waals surface area contributed by atoms with Crippen LogP contribution in [-0.2, 0) is 38.2 Å². The number of carboxylic acid groups (broad SMARTS) is 1. The fraction of sp³-hybridized carbons (Fsp3) is 0.361. The van der Waals surface area contributed by atoms with Crippen LogP contribution in [-0.4, -0.2) is 49.6 Å². The molecule has 0 radical (unpaired) electrons. The second-order valence-corrected chi connectivity index (χ2v) is 17.4. The molecule has 8 nitrogen and oxygen atoms in total. The third kappa shape index (κ3) is 12.0. The number of nitrogens with one attached hydrogen (secondary N) is 2. The van der Waals surface area contributed by atoms with Crippen LogP contribution in [0.15, 0.2) is 103 Å². The summed E-state index contributed by atoms with van der Waals surface area (Å²) < 4.78 is 12.2. The van der Waals surface area contributed by atoms with Gasteiger partial charge in [0.05, 0.1) is 12.1 Å². The Balaban J connectivity index is 1.89. The average Bonchev–Trinajstić information content (AvgIpc) is 3.00. The first-order valence-electron chi connectivity index (χ1n) is 15.3. The number of carboxylic acids is 1. The maximum Gasteiger partial charge on any atom is 0.408 e.